The highest BCUT2D eigenvalue weighted by Crippen LogP contribution is 2.38. The molecule has 8 nitrogen and oxygen atoms in total. The van der Waals surface area contributed by atoms with Crippen molar-refractivity contribution in [3.05, 3.63) is 84.6 Å². The average molecular weight is 519 g/mol. The molecule has 2 aromatic carbocycles. The minimum atomic E-state index is -4.09. The van der Waals surface area contributed by atoms with Gasteiger partial charge in [0, 0.05) is 17.1 Å². The van der Waals surface area contributed by atoms with Gasteiger partial charge in [0.1, 0.15) is 5.82 Å². The van der Waals surface area contributed by atoms with Gasteiger partial charge >= 0.3 is 7.12 Å². The maximum Gasteiger partial charge on any atom is 0.495 e. The molecular weight excluding hydrogens is 489 g/mol. The number of hydrogen-bond donors (Lipinski definition) is 2. The van der Waals surface area contributed by atoms with E-state index < -0.39 is 34.1 Å². The van der Waals surface area contributed by atoms with Gasteiger partial charge in [0.05, 0.1) is 16.1 Å². The van der Waals surface area contributed by atoms with Crippen molar-refractivity contribution >= 4 is 39.5 Å². The van der Waals surface area contributed by atoms with Crippen LogP contribution in [0.5, 0.6) is 0 Å². The molecule has 1 unspecified atom stereocenters. The quantitative estimate of drug-likeness (QED) is 0.295. The molecule has 192 valence electrons. The third kappa shape index (κ3) is 4.33. The minimum absolute atomic E-state index is 0.0951. The molecule has 5 rings (SSSR count). The van der Waals surface area contributed by atoms with Crippen LogP contribution in [0.15, 0.2) is 83.9 Å². The lowest BCUT2D eigenvalue weighted by atomic mass is 9.78. The van der Waals surface area contributed by atoms with Crippen LogP contribution < -0.4 is 10.8 Å². The summed E-state index contributed by atoms with van der Waals surface area (Å²) in [6.07, 6.45) is 1.54. The van der Waals surface area contributed by atoms with E-state index in [1.54, 1.807) is 67.7 Å². The number of benzene rings is 2. The highest BCUT2D eigenvalue weighted by Gasteiger charge is 2.52. The van der Waals surface area contributed by atoms with Crippen molar-refractivity contribution < 1.29 is 22.8 Å². The van der Waals surface area contributed by atoms with Crippen molar-refractivity contribution in [2.45, 2.75) is 56.4 Å². The van der Waals surface area contributed by atoms with Crippen LogP contribution in [0.2, 0.25) is 0 Å². The maximum absolute atomic E-state index is 13.9. The number of aliphatic hydroxyl groups is 1. The summed E-state index contributed by atoms with van der Waals surface area (Å²) in [5, 5.41) is 14.9. The fraction of sp³-hybridized carbons (Fsp3) is 0.296. The molecule has 2 N–H and O–H groups in total. The Hall–Kier alpha value is -3.18. The van der Waals surface area contributed by atoms with Crippen molar-refractivity contribution in [1.82, 2.24) is 8.96 Å². The van der Waals surface area contributed by atoms with E-state index in [9.17, 15) is 13.5 Å². The summed E-state index contributed by atoms with van der Waals surface area (Å²) in [5.74, 6) is 0.157. The van der Waals surface area contributed by atoms with Crippen LogP contribution in [0.4, 0.5) is 5.82 Å². The Labute approximate surface area is 217 Å². The van der Waals surface area contributed by atoms with Crippen molar-refractivity contribution in [3.63, 3.8) is 0 Å². The number of rotatable bonds is 6. The molecule has 1 aliphatic heterocycles. The van der Waals surface area contributed by atoms with Gasteiger partial charge in [-0.25, -0.2) is 17.4 Å². The van der Waals surface area contributed by atoms with E-state index in [0.29, 0.717) is 16.4 Å². The molecule has 0 bridgehead atoms. The van der Waals surface area contributed by atoms with Gasteiger partial charge < -0.3 is 19.7 Å². The second-order valence-electron chi connectivity index (χ2n) is 10.4. The first-order valence-corrected chi connectivity index (χ1v) is 13.5. The predicted molar refractivity (Wildman–Crippen MR) is 144 cm³/mol. The molecule has 1 atom stereocenters. The molecule has 0 spiro atoms. The highest BCUT2D eigenvalue weighted by atomic mass is 32.2. The zero-order chi connectivity index (χ0) is 26.6. The maximum atomic E-state index is 13.9. The van der Waals surface area contributed by atoms with Gasteiger partial charge in [-0.1, -0.05) is 48.5 Å². The smallest absolute Gasteiger partial charge is 0.399 e. The summed E-state index contributed by atoms with van der Waals surface area (Å²) >= 11 is 0. The molecular formula is C27H30BN3O5S. The summed E-state index contributed by atoms with van der Waals surface area (Å²) in [6.45, 7) is 9.41. The molecule has 3 heterocycles. The molecule has 4 aromatic rings. The molecule has 10 heteroatoms. The Morgan fingerprint density at radius 2 is 1.51 bits per heavy atom. The second-order valence-corrected chi connectivity index (χ2v) is 12.2. The lowest BCUT2D eigenvalue weighted by Gasteiger charge is -2.32. The van der Waals surface area contributed by atoms with Gasteiger partial charge in [0.15, 0.2) is 11.4 Å². The normalized spacial score (nSPS) is 18.6. The fourth-order valence-electron chi connectivity index (χ4n) is 4.38. The molecule has 0 amide bonds. The lowest BCUT2D eigenvalue weighted by molar-refractivity contribution is 0.00578. The largest absolute Gasteiger partial charge is 0.495 e. The lowest BCUT2D eigenvalue weighted by Crippen LogP contribution is -2.41. The number of hydrogen-bond acceptors (Lipinski definition) is 7. The van der Waals surface area contributed by atoms with E-state index in [2.05, 4.69) is 10.3 Å². The summed E-state index contributed by atoms with van der Waals surface area (Å²) in [6, 6.07) is 20.5. The molecule has 37 heavy (non-hydrogen) atoms. The van der Waals surface area contributed by atoms with Crippen LogP contribution in [-0.4, -0.2) is 40.8 Å². The Kier molecular flexibility index (Phi) is 5.99. The first-order valence-electron chi connectivity index (χ1n) is 12.1. The first kappa shape index (κ1) is 25.5. The average Bonchev–Trinajstić information content (AvgIpc) is 3.32. The van der Waals surface area contributed by atoms with E-state index in [1.165, 1.54) is 12.1 Å². The van der Waals surface area contributed by atoms with E-state index in [1.807, 2.05) is 33.8 Å². The van der Waals surface area contributed by atoms with E-state index >= 15 is 0 Å². The first-order chi connectivity index (χ1) is 17.3. The topological polar surface area (TPSA) is 103 Å². The van der Waals surface area contributed by atoms with Crippen molar-refractivity contribution in [2.24, 2.45) is 0 Å². The zero-order valence-electron chi connectivity index (χ0n) is 21.5. The number of fused-ring (bicyclic) bond motifs is 1. The van der Waals surface area contributed by atoms with Gasteiger partial charge in [0.25, 0.3) is 10.0 Å². The number of nitrogens with one attached hydrogen (secondary N) is 1. The van der Waals surface area contributed by atoms with Gasteiger partial charge in [-0.3, -0.25) is 0 Å². The van der Waals surface area contributed by atoms with Crippen LogP contribution in [0.1, 0.15) is 40.2 Å². The van der Waals surface area contributed by atoms with E-state index in [4.69, 9.17) is 9.31 Å². The van der Waals surface area contributed by atoms with Crippen LogP contribution in [-0.2, 0) is 25.1 Å². The monoisotopic (exact) mass is 519 g/mol. The van der Waals surface area contributed by atoms with Crippen molar-refractivity contribution in [3.8, 4) is 0 Å². The number of anilines is 1. The Bertz CT molecular complexity index is 1540. The SMILES string of the molecule is CC(O)(Nc1cc2c(B3OC(C)(C)C(C)(C)O3)ccnc2n1S(=O)(=O)c1ccccc1)c1ccccc1. The molecule has 1 fully saturated rings. The Balaban J connectivity index is 1.71. The molecule has 0 saturated carbocycles. The number of pyridine rings is 1. The van der Waals surface area contributed by atoms with Crippen molar-refractivity contribution in [1.29, 1.82) is 0 Å². The molecule has 2 aromatic heterocycles. The van der Waals surface area contributed by atoms with Gasteiger partial charge in [-0.15, -0.1) is 0 Å². The van der Waals surface area contributed by atoms with Gasteiger partial charge in [0.2, 0.25) is 0 Å². The third-order valence-electron chi connectivity index (χ3n) is 7.19. The minimum Gasteiger partial charge on any atom is -0.399 e. The second kappa shape index (κ2) is 8.70. The fourth-order valence-corrected chi connectivity index (χ4v) is 5.83. The summed E-state index contributed by atoms with van der Waals surface area (Å²) in [4.78, 5) is 4.55. The summed E-state index contributed by atoms with van der Waals surface area (Å²) < 4.78 is 41.5. The molecule has 1 aliphatic rings. The number of aromatic nitrogens is 2. The van der Waals surface area contributed by atoms with Gasteiger partial charge in [-0.2, -0.15) is 0 Å². The summed E-state index contributed by atoms with van der Waals surface area (Å²) in [7, 11) is -4.82. The predicted octanol–water partition coefficient (Wildman–Crippen LogP) is 3.85. The van der Waals surface area contributed by atoms with E-state index in [0.717, 1.165) is 3.97 Å². The zero-order valence-corrected chi connectivity index (χ0v) is 22.3. The third-order valence-corrected chi connectivity index (χ3v) is 8.91. The van der Waals surface area contributed by atoms with E-state index in [-0.39, 0.29) is 16.4 Å². The van der Waals surface area contributed by atoms with Crippen LogP contribution in [0, 0.1) is 0 Å². The van der Waals surface area contributed by atoms with Crippen LogP contribution >= 0.6 is 0 Å². The molecule has 0 aliphatic carbocycles. The number of nitrogens with zero attached hydrogens (tertiary/aromatic N) is 2. The Morgan fingerprint density at radius 1 is 0.946 bits per heavy atom. The van der Waals surface area contributed by atoms with Gasteiger partial charge in [-0.05, 0) is 64.3 Å². The summed E-state index contributed by atoms with van der Waals surface area (Å²) in [5.41, 5.74) is -1.32. The molecule has 1 saturated heterocycles. The molecule has 0 radical (unpaired) electrons. The van der Waals surface area contributed by atoms with Crippen LogP contribution in [0.25, 0.3) is 11.0 Å². The standard InChI is InChI=1S/C27H30BN3O5S/c1-25(2)26(3,4)36-28(35-25)22-16-17-29-24-21(22)18-23(30-27(5,32)19-12-8-6-9-13-19)31(24)37(33,34)20-14-10-7-11-15-20/h6-18,30,32H,1-5H3. The van der Waals surface area contributed by atoms with Crippen LogP contribution in [0.3, 0.4) is 0 Å². The van der Waals surface area contributed by atoms with Crippen molar-refractivity contribution in [2.75, 3.05) is 5.32 Å². The highest BCUT2D eigenvalue weighted by molar-refractivity contribution is 7.90. The Morgan fingerprint density at radius 3 is 2.11 bits per heavy atom.